The number of hydrogen-bond donors (Lipinski definition) is 0. The van der Waals surface area contributed by atoms with Crippen LogP contribution in [0.4, 0.5) is 4.79 Å². The molecule has 0 N–H and O–H groups in total. The summed E-state index contributed by atoms with van der Waals surface area (Å²) >= 11 is 0. The highest BCUT2D eigenvalue weighted by molar-refractivity contribution is 5.60. The minimum absolute atomic E-state index is 0.0441. The van der Waals surface area contributed by atoms with Gasteiger partial charge in [-0.25, -0.2) is 4.79 Å². The second-order valence-electron chi connectivity index (χ2n) is 13.7. The third-order valence-corrected chi connectivity index (χ3v) is 11.2. The van der Waals surface area contributed by atoms with E-state index < -0.39 is 6.16 Å². The molecular formula is C33H52O3. The number of rotatable bonds is 9. The average Bonchev–Trinajstić information content (AvgIpc) is 3.19. The van der Waals surface area contributed by atoms with Gasteiger partial charge in [-0.05, 0) is 97.7 Å². The molecule has 0 heterocycles. The molecule has 36 heavy (non-hydrogen) atoms. The van der Waals surface area contributed by atoms with Gasteiger partial charge in [-0.2, -0.15) is 0 Å². The maximum absolute atomic E-state index is 12.2. The molecule has 4 rings (SSSR count). The molecule has 3 nitrogen and oxygen atoms in total. The second-order valence-corrected chi connectivity index (χ2v) is 13.7. The van der Waals surface area contributed by atoms with Crippen LogP contribution in [-0.2, 0) is 9.47 Å². The summed E-state index contributed by atoms with van der Waals surface area (Å²) in [6.45, 7) is 12.8. The van der Waals surface area contributed by atoms with Crippen LogP contribution < -0.4 is 0 Å². The smallest absolute Gasteiger partial charge is 0.434 e. The fraction of sp³-hybridized carbons (Fsp3) is 0.848. The van der Waals surface area contributed by atoms with Gasteiger partial charge in [0.25, 0.3) is 0 Å². The summed E-state index contributed by atoms with van der Waals surface area (Å²) in [7, 11) is 0. The van der Waals surface area contributed by atoms with E-state index in [0.717, 1.165) is 54.8 Å². The lowest BCUT2D eigenvalue weighted by molar-refractivity contribution is -0.0617. The maximum atomic E-state index is 12.2. The van der Waals surface area contributed by atoms with Crippen LogP contribution >= 0.6 is 0 Å². The molecule has 4 aliphatic carbocycles. The summed E-state index contributed by atoms with van der Waals surface area (Å²) in [6, 6.07) is 0. The van der Waals surface area contributed by atoms with Crippen molar-refractivity contribution in [3.05, 3.63) is 11.6 Å². The molecule has 0 aromatic carbocycles. The van der Waals surface area contributed by atoms with E-state index in [1.54, 1.807) is 5.57 Å². The van der Waals surface area contributed by atoms with Crippen molar-refractivity contribution < 1.29 is 14.3 Å². The molecule has 8 atom stereocenters. The van der Waals surface area contributed by atoms with Gasteiger partial charge in [-0.15, -0.1) is 12.3 Å². The van der Waals surface area contributed by atoms with Gasteiger partial charge in [0, 0.05) is 12.8 Å². The fourth-order valence-electron chi connectivity index (χ4n) is 9.25. The van der Waals surface area contributed by atoms with Gasteiger partial charge in [0.2, 0.25) is 0 Å². The normalized spacial score (nSPS) is 38.2. The summed E-state index contributed by atoms with van der Waals surface area (Å²) in [5.41, 5.74) is 2.37. The van der Waals surface area contributed by atoms with E-state index in [2.05, 4.69) is 46.6 Å². The lowest BCUT2D eigenvalue weighted by Gasteiger charge is -2.58. The zero-order chi connectivity index (χ0) is 25.9. The monoisotopic (exact) mass is 496 g/mol. The molecule has 0 aromatic rings. The standard InChI is InChI=1S/C33H52O3/c1-7-8-9-21-35-31(34)36-26-17-19-32(5)25(22-26)13-14-27-29-16-15-28(24(4)12-10-11-23(2)3)33(29,6)20-18-30(27)32/h1,13,23-24,26-30H,8-12,14-22H2,2-6H3/t24-,26?,27+,28-,29+,30+,32+,33-/m1/s1. The van der Waals surface area contributed by atoms with E-state index >= 15 is 0 Å². The Labute approximate surface area is 221 Å². The number of hydrogen-bond acceptors (Lipinski definition) is 3. The average molecular weight is 497 g/mol. The third-order valence-electron chi connectivity index (χ3n) is 11.2. The quantitative estimate of drug-likeness (QED) is 0.138. The van der Waals surface area contributed by atoms with Crippen molar-refractivity contribution in [2.75, 3.05) is 6.61 Å². The van der Waals surface area contributed by atoms with Crippen molar-refractivity contribution in [3.8, 4) is 12.3 Å². The SMILES string of the molecule is C#CCCCOC(=O)OC1CC[C@@]2(C)C(=CC[C@H]3[C@@H]4CC[C@H]([C@H](C)CCCC(C)C)[C@@]4(C)CC[C@@H]32)C1. The lowest BCUT2D eigenvalue weighted by atomic mass is 9.47. The molecule has 0 saturated heterocycles. The molecule has 3 heteroatoms. The molecule has 0 bridgehead atoms. The van der Waals surface area contributed by atoms with Crippen LogP contribution in [-0.4, -0.2) is 18.9 Å². The van der Waals surface area contributed by atoms with Crippen molar-refractivity contribution in [2.45, 2.75) is 124 Å². The first kappa shape index (κ1) is 27.6. The van der Waals surface area contributed by atoms with Crippen molar-refractivity contribution >= 4 is 6.16 Å². The Morgan fingerprint density at radius 2 is 1.89 bits per heavy atom. The predicted molar refractivity (Wildman–Crippen MR) is 147 cm³/mol. The molecule has 0 spiro atoms. The van der Waals surface area contributed by atoms with Crippen molar-refractivity contribution in [3.63, 3.8) is 0 Å². The molecule has 0 aliphatic heterocycles. The molecular weight excluding hydrogens is 444 g/mol. The summed E-state index contributed by atoms with van der Waals surface area (Å²) in [5, 5.41) is 0. The zero-order valence-corrected chi connectivity index (χ0v) is 23.8. The highest BCUT2D eigenvalue weighted by atomic mass is 16.7. The van der Waals surface area contributed by atoms with Crippen molar-refractivity contribution in [1.82, 2.24) is 0 Å². The Balaban J connectivity index is 1.37. The van der Waals surface area contributed by atoms with Crippen LogP contribution in [0.5, 0.6) is 0 Å². The van der Waals surface area contributed by atoms with Crippen LogP contribution in [0.2, 0.25) is 0 Å². The van der Waals surface area contributed by atoms with Gasteiger partial charge in [0.15, 0.2) is 0 Å². The number of carbonyl (C=O) groups is 1. The van der Waals surface area contributed by atoms with Gasteiger partial charge in [0.1, 0.15) is 6.10 Å². The van der Waals surface area contributed by atoms with E-state index in [-0.39, 0.29) is 11.5 Å². The zero-order valence-electron chi connectivity index (χ0n) is 23.8. The summed E-state index contributed by atoms with van der Waals surface area (Å²) in [5.74, 6) is 7.69. The topological polar surface area (TPSA) is 35.5 Å². The van der Waals surface area contributed by atoms with Crippen LogP contribution in [0.25, 0.3) is 0 Å². The Hall–Kier alpha value is -1.43. The minimum Gasteiger partial charge on any atom is -0.434 e. The first-order chi connectivity index (χ1) is 17.2. The first-order valence-corrected chi connectivity index (χ1v) is 15.2. The Kier molecular flexibility index (Phi) is 8.84. The minimum atomic E-state index is -0.525. The van der Waals surface area contributed by atoms with Crippen LogP contribution in [0.15, 0.2) is 11.6 Å². The fourth-order valence-corrected chi connectivity index (χ4v) is 9.25. The number of ether oxygens (including phenoxy) is 2. The van der Waals surface area contributed by atoms with E-state index in [0.29, 0.717) is 24.9 Å². The molecule has 4 aliphatic rings. The Morgan fingerprint density at radius 3 is 2.64 bits per heavy atom. The van der Waals surface area contributed by atoms with Gasteiger partial charge >= 0.3 is 6.16 Å². The Bertz CT molecular complexity index is 836. The molecule has 0 radical (unpaired) electrons. The number of terminal acetylenes is 1. The summed E-state index contributed by atoms with van der Waals surface area (Å²) < 4.78 is 11.0. The summed E-state index contributed by atoms with van der Waals surface area (Å²) in [4.78, 5) is 12.2. The third kappa shape index (κ3) is 5.54. The highest BCUT2D eigenvalue weighted by Crippen LogP contribution is 2.67. The molecule has 3 fully saturated rings. The second kappa shape index (κ2) is 11.5. The predicted octanol–water partition coefficient (Wildman–Crippen LogP) is 8.96. The van der Waals surface area contributed by atoms with Crippen LogP contribution in [0, 0.1) is 58.7 Å². The Morgan fingerprint density at radius 1 is 1.08 bits per heavy atom. The molecule has 1 unspecified atom stereocenters. The first-order valence-electron chi connectivity index (χ1n) is 15.2. The van der Waals surface area contributed by atoms with Gasteiger partial charge < -0.3 is 9.47 Å². The van der Waals surface area contributed by atoms with Crippen LogP contribution in [0.3, 0.4) is 0 Å². The van der Waals surface area contributed by atoms with Crippen molar-refractivity contribution in [1.29, 1.82) is 0 Å². The molecule has 0 amide bonds. The van der Waals surface area contributed by atoms with Gasteiger partial charge in [0.05, 0.1) is 6.61 Å². The largest absolute Gasteiger partial charge is 0.508 e. The maximum Gasteiger partial charge on any atom is 0.508 e. The summed E-state index contributed by atoms with van der Waals surface area (Å²) in [6.07, 6.45) is 22.6. The molecule has 202 valence electrons. The molecule has 0 aromatic heterocycles. The number of allylic oxidation sites excluding steroid dienone is 1. The van der Waals surface area contributed by atoms with Gasteiger partial charge in [-0.1, -0.05) is 65.5 Å². The lowest BCUT2D eigenvalue weighted by Crippen LogP contribution is -2.51. The number of fused-ring (bicyclic) bond motifs is 5. The number of unbranched alkanes of at least 4 members (excludes halogenated alkanes) is 1. The van der Waals surface area contributed by atoms with E-state index in [9.17, 15) is 4.79 Å². The molecule has 3 saturated carbocycles. The van der Waals surface area contributed by atoms with E-state index in [4.69, 9.17) is 15.9 Å². The highest BCUT2D eigenvalue weighted by Gasteiger charge is 2.59. The van der Waals surface area contributed by atoms with Crippen LogP contribution in [0.1, 0.15) is 118 Å². The van der Waals surface area contributed by atoms with E-state index in [1.165, 1.54) is 51.4 Å². The van der Waals surface area contributed by atoms with E-state index in [1.807, 2.05) is 0 Å². The van der Waals surface area contributed by atoms with Crippen molar-refractivity contribution in [2.24, 2.45) is 46.3 Å². The number of carbonyl (C=O) groups excluding carboxylic acids is 1. The van der Waals surface area contributed by atoms with Gasteiger partial charge in [-0.3, -0.25) is 0 Å².